The van der Waals surface area contributed by atoms with Gasteiger partial charge in [0.15, 0.2) is 23.2 Å². The van der Waals surface area contributed by atoms with Crippen molar-refractivity contribution in [1.82, 2.24) is 24.1 Å². The molecule has 90 heavy (non-hydrogen) atoms. The lowest BCUT2D eigenvalue weighted by Crippen LogP contribution is -2.10. The third kappa shape index (κ3) is 10.6. The van der Waals surface area contributed by atoms with Gasteiger partial charge in [-0.3, -0.25) is 0 Å². The molecule has 3 heterocycles. The average molecular weight is 1170 g/mol. The fourth-order valence-corrected chi connectivity index (χ4v) is 12.6. The molecule has 0 radical (unpaired) electrons. The fourth-order valence-electron chi connectivity index (χ4n) is 12.6. The monoisotopic (exact) mass is 1170 g/mol. The van der Waals surface area contributed by atoms with Crippen LogP contribution in [-0.4, -0.2) is 24.1 Å². The molecule has 0 aliphatic carbocycles. The lowest BCUT2D eigenvalue weighted by atomic mass is 9.85. The summed E-state index contributed by atoms with van der Waals surface area (Å²) in [6, 6.07) is 76.4. The van der Waals surface area contributed by atoms with E-state index in [-0.39, 0.29) is 21.7 Å². The highest BCUT2D eigenvalue weighted by Crippen LogP contribution is 2.45. The van der Waals surface area contributed by atoms with Crippen molar-refractivity contribution in [1.29, 1.82) is 10.5 Å². The zero-order valence-corrected chi connectivity index (χ0v) is 53.2. The first kappa shape index (κ1) is 58.3. The van der Waals surface area contributed by atoms with Gasteiger partial charge in [-0.05, 0) is 193 Å². The summed E-state index contributed by atoms with van der Waals surface area (Å²) < 4.78 is 4.72. The first-order valence-corrected chi connectivity index (χ1v) is 30.8. The van der Waals surface area contributed by atoms with E-state index in [0.717, 1.165) is 83.5 Å². The van der Waals surface area contributed by atoms with E-state index in [9.17, 15) is 10.5 Å². The summed E-state index contributed by atoms with van der Waals surface area (Å²) in [4.78, 5) is 20.6. The van der Waals surface area contributed by atoms with Gasteiger partial charge >= 0.3 is 0 Å². The first-order chi connectivity index (χ1) is 43.0. The number of hydrogen-bond acceptors (Lipinski definition) is 5. The molecule has 0 spiro atoms. The first-order valence-electron chi connectivity index (χ1n) is 30.8. The van der Waals surface area contributed by atoms with E-state index in [4.69, 9.17) is 21.5 Å². The second kappa shape index (κ2) is 21.8. The van der Waals surface area contributed by atoms with Crippen molar-refractivity contribution < 1.29 is 0 Å². The van der Waals surface area contributed by atoms with E-state index in [0.29, 0.717) is 34.3 Å². The Morgan fingerprint density at radius 3 is 1.02 bits per heavy atom. The van der Waals surface area contributed by atoms with Gasteiger partial charge in [0.2, 0.25) is 0 Å². The third-order valence-electron chi connectivity index (χ3n) is 17.7. The number of nitrogens with zero attached hydrogens (tertiary/aromatic N) is 8. The van der Waals surface area contributed by atoms with Crippen LogP contribution in [0.2, 0.25) is 0 Å². The number of nitriles is 2. The number of hydrogen-bond donors (Lipinski definition) is 0. The molecule has 0 N–H and O–H groups in total. The van der Waals surface area contributed by atoms with Crippen LogP contribution in [0.25, 0.3) is 127 Å². The molecule has 3 aromatic heterocycles. The van der Waals surface area contributed by atoms with Crippen LogP contribution < -0.4 is 0 Å². The summed E-state index contributed by atoms with van der Waals surface area (Å²) in [5, 5.41) is 25.3. The van der Waals surface area contributed by atoms with Gasteiger partial charge in [0.25, 0.3) is 0 Å². The molecule has 0 saturated heterocycles. The highest BCUT2D eigenvalue weighted by Gasteiger charge is 2.27. The van der Waals surface area contributed by atoms with E-state index in [1.54, 1.807) is 0 Å². The van der Waals surface area contributed by atoms with Gasteiger partial charge in [0.1, 0.15) is 0 Å². The van der Waals surface area contributed by atoms with E-state index in [2.05, 4.69) is 224 Å². The highest BCUT2D eigenvalue weighted by atomic mass is 15.0. The Hall–Kier alpha value is -10.7. The van der Waals surface area contributed by atoms with Crippen LogP contribution in [0, 0.1) is 29.2 Å². The van der Waals surface area contributed by atoms with Crippen molar-refractivity contribution in [3.05, 3.63) is 251 Å². The van der Waals surface area contributed by atoms with Crippen molar-refractivity contribution >= 4 is 49.3 Å². The predicted molar refractivity (Wildman–Crippen MR) is 372 cm³/mol. The molecule has 0 unspecified atom stereocenters. The van der Waals surface area contributed by atoms with Crippen LogP contribution in [0.3, 0.4) is 0 Å². The second-order valence-electron chi connectivity index (χ2n) is 28.0. The molecule has 0 amide bonds. The summed E-state index contributed by atoms with van der Waals surface area (Å²) in [7, 11) is 0. The zero-order valence-electron chi connectivity index (χ0n) is 53.2. The Labute approximate surface area is 527 Å². The van der Waals surface area contributed by atoms with E-state index in [1.807, 2.05) is 91.0 Å². The van der Waals surface area contributed by atoms with E-state index in [1.165, 1.54) is 43.8 Å². The summed E-state index contributed by atoms with van der Waals surface area (Å²) in [5.74, 6) is 1.27. The zero-order chi connectivity index (χ0) is 63.2. The lowest BCUT2D eigenvalue weighted by Gasteiger charge is -2.19. The van der Waals surface area contributed by atoms with Crippen molar-refractivity contribution in [2.24, 2.45) is 0 Å². The molecule has 8 nitrogen and oxygen atoms in total. The maximum Gasteiger partial charge on any atom is 0.187 e. The van der Waals surface area contributed by atoms with Crippen LogP contribution in [0.1, 0.15) is 116 Å². The molecule has 8 heteroatoms. The molecule has 0 aliphatic rings. The van der Waals surface area contributed by atoms with Gasteiger partial charge in [0.05, 0.1) is 51.9 Å². The largest absolute Gasteiger partial charge is 0.309 e. The normalized spacial score (nSPS) is 12.2. The Kier molecular flexibility index (Phi) is 14.2. The molecular formula is C82H70N8. The molecule has 13 aromatic rings. The Balaban J connectivity index is 1.10. The summed E-state index contributed by atoms with van der Waals surface area (Å²) >= 11 is 0. The standard InChI is InChI=1S/C82H70N8/c1-79(2,3)55-27-35-72-68(42-55)69-43-56(80(4,5)6)28-36-73(69)89(72)60-31-33-64(66(46-60)53-22-17-20-51(40-53)49-84)77-86-76(63-26-15-14-25-62(63)52-21-16-19-50(39-52)48-83)87-78(88-77)65-34-32-61(47-67(65)54-23-18-24-59(41-54)85-13)90-74-37-29-57(81(7,8)9)44-70(74)71-45-58(82(10,11)12)30-38-75(71)90/h14-47H,1-12H3. The molecule has 0 atom stereocenters. The van der Waals surface area contributed by atoms with Gasteiger partial charge in [-0.2, -0.15) is 10.5 Å². The van der Waals surface area contributed by atoms with Crippen molar-refractivity contribution in [3.8, 4) is 91.1 Å². The van der Waals surface area contributed by atoms with Crippen molar-refractivity contribution in [2.75, 3.05) is 0 Å². The molecule has 0 aliphatic heterocycles. The topological polar surface area (TPSA) is 100 Å². The minimum atomic E-state index is -0.0707. The molecule has 0 bridgehead atoms. The number of aromatic nitrogens is 5. The molecule has 438 valence electrons. The molecule has 10 aromatic carbocycles. The smallest absolute Gasteiger partial charge is 0.187 e. The van der Waals surface area contributed by atoms with E-state index < -0.39 is 0 Å². The molecule has 13 rings (SSSR count). The van der Waals surface area contributed by atoms with Gasteiger partial charge in [-0.1, -0.05) is 174 Å². The Morgan fingerprint density at radius 1 is 0.333 bits per heavy atom. The third-order valence-corrected chi connectivity index (χ3v) is 17.7. The van der Waals surface area contributed by atoms with Crippen LogP contribution in [0.15, 0.2) is 206 Å². The minimum Gasteiger partial charge on any atom is -0.309 e. The maximum absolute atomic E-state index is 10.5. The van der Waals surface area contributed by atoms with Gasteiger partial charge in [-0.15, -0.1) is 0 Å². The quantitative estimate of drug-likeness (QED) is 0.141. The van der Waals surface area contributed by atoms with Crippen LogP contribution >= 0.6 is 0 Å². The van der Waals surface area contributed by atoms with Crippen LogP contribution in [0.4, 0.5) is 5.69 Å². The highest BCUT2D eigenvalue weighted by molar-refractivity contribution is 6.11. The van der Waals surface area contributed by atoms with Crippen LogP contribution in [0.5, 0.6) is 0 Å². The average Bonchev–Trinajstić information content (AvgIpc) is 1.56. The maximum atomic E-state index is 10.5. The summed E-state index contributed by atoms with van der Waals surface area (Å²) in [6.45, 7) is 35.3. The predicted octanol–water partition coefficient (Wildman–Crippen LogP) is 21.6. The van der Waals surface area contributed by atoms with Crippen LogP contribution in [-0.2, 0) is 21.7 Å². The fraction of sp³-hybridized carbons (Fsp3) is 0.195. The molecular weight excluding hydrogens is 1100 g/mol. The Bertz CT molecular complexity index is 4800. The minimum absolute atomic E-state index is 0.0697. The number of fused-ring (bicyclic) bond motifs is 6. The molecule has 0 fully saturated rings. The molecule has 0 saturated carbocycles. The van der Waals surface area contributed by atoms with Gasteiger partial charge in [-0.25, -0.2) is 19.8 Å². The van der Waals surface area contributed by atoms with Crippen molar-refractivity contribution in [2.45, 2.75) is 105 Å². The van der Waals surface area contributed by atoms with Crippen molar-refractivity contribution in [3.63, 3.8) is 0 Å². The Morgan fingerprint density at radius 2 is 0.667 bits per heavy atom. The summed E-state index contributed by atoms with van der Waals surface area (Å²) in [5.41, 5.74) is 19.8. The van der Waals surface area contributed by atoms with E-state index >= 15 is 0 Å². The summed E-state index contributed by atoms with van der Waals surface area (Å²) in [6.07, 6.45) is 0. The number of rotatable bonds is 8. The van der Waals surface area contributed by atoms with Gasteiger partial charge in [0, 0.05) is 49.6 Å². The second-order valence-corrected chi connectivity index (χ2v) is 28.0. The SMILES string of the molecule is [C-]#[N+]c1cccc(-c2cc(-n3c4ccc(C(C)(C)C)cc4c4cc(C(C)(C)C)ccc43)ccc2-c2nc(-c3ccccc3-c3cccc(C#N)c3)nc(-c3ccc(-n4c5ccc(C(C)(C)C)cc5c5cc(C(C)(C)C)ccc54)cc3-c3cccc(C#N)c3)n2)c1. The lowest BCUT2D eigenvalue weighted by molar-refractivity contribution is 0.590. The number of benzene rings is 10. The van der Waals surface area contributed by atoms with Gasteiger partial charge < -0.3 is 9.13 Å².